The van der Waals surface area contributed by atoms with Crippen LogP contribution in [0.2, 0.25) is 0 Å². The average Bonchev–Trinajstić information content (AvgIpc) is 2.19. The third-order valence-electron chi connectivity index (χ3n) is 2.67. The molecule has 0 fully saturated rings. The van der Waals surface area contributed by atoms with Crippen molar-refractivity contribution in [3.8, 4) is 0 Å². The lowest BCUT2D eigenvalue weighted by molar-refractivity contribution is -0.127. The van der Waals surface area contributed by atoms with Gasteiger partial charge in [-0.25, -0.2) is 0 Å². The third kappa shape index (κ3) is 4.58. The van der Waals surface area contributed by atoms with Crippen LogP contribution in [0.3, 0.4) is 0 Å². The van der Waals surface area contributed by atoms with Gasteiger partial charge in [0.2, 0.25) is 5.91 Å². The summed E-state index contributed by atoms with van der Waals surface area (Å²) in [5, 5.41) is 2.60. The first-order valence-electron chi connectivity index (χ1n) is 5.97. The van der Waals surface area contributed by atoms with Crippen LogP contribution in [0.25, 0.3) is 0 Å². The minimum atomic E-state index is -4.30. The number of hydrogen-bond acceptors (Lipinski definition) is 1. The van der Waals surface area contributed by atoms with Gasteiger partial charge >= 0.3 is 6.18 Å². The van der Waals surface area contributed by atoms with E-state index >= 15 is 0 Å². The lowest BCUT2D eigenvalue weighted by Crippen LogP contribution is -2.29. The van der Waals surface area contributed by atoms with E-state index in [0.717, 1.165) is 0 Å². The van der Waals surface area contributed by atoms with Crippen molar-refractivity contribution < 1.29 is 18.0 Å². The van der Waals surface area contributed by atoms with Crippen LogP contribution in [0, 0.1) is 12.3 Å². The predicted molar refractivity (Wildman–Crippen MR) is 69.0 cm³/mol. The molecule has 1 aromatic carbocycles. The summed E-state index contributed by atoms with van der Waals surface area (Å²) in [5.41, 5.74) is 0.321. The molecule has 1 rings (SSSR count). The Kier molecular flexibility index (Phi) is 4.28. The van der Waals surface area contributed by atoms with E-state index in [1.54, 1.807) is 39.8 Å². The number of anilines is 1. The molecule has 0 bridgehead atoms. The molecule has 1 amide bonds. The van der Waals surface area contributed by atoms with Crippen molar-refractivity contribution in [2.24, 2.45) is 5.41 Å². The molecule has 0 saturated heterocycles. The molecule has 1 N–H and O–H groups in total. The highest BCUT2D eigenvalue weighted by atomic mass is 19.4. The van der Waals surface area contributed by atoms with Crippen molar-refractivity contribution in [3.63, 3.8) is 0 Å². The molecule has 0 aliphatic heterocycles. The van der Waals surface area contributed by atoms with E-state index in [0.29, 0.717) is 5.56 Å². The van der Waals surface area contributed by atoms with E-state index in [4.69, 9.17) is 0 Å². The van der Waals surface area contributed by atoms with Crippen LogP contribution in [0.1, 0.15) is 31.9 Å². The zero-order valence-corrected chi connectivity index (χ0v) is 11.5. The fourth-order valence-electron chi connectivity index (χ4n) is 1.57. The summed E-state index contributed by atoms with van der Waals surface area (Å²) in [6.07, 6.45) is -5.34. The first kappa shape index (κ1) is 15.5. The summed E-state index contributed by atoms with van der Waals surface area (Å²) in [4.78, 5) is 11.9. The SMILES string of the molecule is Cc1cccc(CC(F)(F)F)c1NC(=O)C(C)(C)C. The summed E-state index contributed by atoms with van der Waals surface area (Å²) in [6, 6.07) is 4.63. The van der Waals surface area contributed by atoms with Crippen LogP contribution >= 0.6 is 0 Å². The van der Waals surface area contributed by atoms with Gasteiger partial charge in [0.1, 0.15) is 0 Å². The summed E-state index contributed by atoms with van der Waals surface area (Å²) in [5.74, 6) is -0.301. The molecule has 0 unspecified atom stereocenters. The molecule has 0 atom stereocenters. The standard InChI is InChI=1S/C14H18F3NO/c1-9-6-5-7-10(8-14(15,16)17)11(9)18-12(19)13(2,3)4/h5-7H,8H2,1-4H3,(H,18,19). The van der Waals surface area contributed by atoms with E-state index in [2.05, 4.69) is 5.32 Å². The number of nitrogens with one attached hydrogen (secondary N) is 1. The van der Waals surface area contributed by atoms with E-state index in [-0.39, 0.29) is 17.2 Å². The van der Waals surface area contributed by atoms with Crippen molar-refractivity contribution in [1.29, 1.82) is 0 Å². The number of aryl methyl sites for hydroxylation is 1. The lowest BCUT2D eigenvalue weighted by Gasteiger charge is -2.21. The van der Waals surface area contributed by atoms with E-state index in [1.165, 1.54) is 6.07 Å². The predicted octanol–water partition coefficient (Wildman–Crippen LogP) is 4.08. The van der Waals surface area contributed by atoms with Gasteiger partial charge in [0.25, 0.3) is 0 Å². The van der Waals surface area contributed by atoms with Gasteiger partial charge in [0, 0.05) is 11.1 Å². The molecule has 106 valence electrons. The molecule has 0 heterocycles. The normalized spacial score (nSPS) is 12.4. The van der Waals surface area contributed by atoms with Gasteiger partial charge in [0.15, 0.2) is 0 Å². The van der Waals surface area contributed by atoms with Gasteiger partial charge in [0.05, 0.1) is 6.42 Å². The molecular formula is C14H18F3NO. The number of carbonyl (C=O) groups is 1. The molecule has 1 aromatic rings. The second-order valence-electron chi connectivity index (χ2n) is 5.61. The number of hydrogen-bond donors (Lipinski definition) is 1. The minimum absolute atomic E-state index is 0.0881. The Morgan fingerprint density at radius 2 is 1.79 bits per heavy atom. The second kappa shape index (κ2) is 5.23. The van der Waals surface area contributed by atoms with Gasteiger partial charge in [-0.2, -0.15) is 13.2 Å². The Labute approximate surface area is 111 Å². The van der Waals surface area contributed by atoms with Crippen LogP contribution < -0.4 is 5.32 Å². The van der Waals surface area contributed by atoms with Gasteiger partial charge < -0.3 is 5.32 Å². The monoisotopic (exact) mass is 273 g/mol. The summed E-state index contributed by atoms with van der Waals surface area (Å²) in [7, 11) is 0. The lowest BCUT2D eigenvalue weighted by atomic mass is 9.94. The molecule has 0 saturated carbocycles. The largest absolute Gasteiger partial charge is 0.393 e. The second-order valence-corrected chi connectivity index (χ2v) is 5.61. The maximum Gasteiger partial charge on any atom is 0.393 e. The van der Waals surface area contributed by atoms with Gasteiger partial charge in [-0.05, 0) is 18.1 Å². The van der Waals surface area contributed by atoms with Crippen molar-refractivity contribution in [2.75, 3.05) is 5.32 Å². The van der Waals surface area contributed by atoms with Crippen molar-refractivity contribution in [2.45, 2.75) is 40.3 Å². The fourth-order valence-corrected chi connectivity index (χ4v) is 1.57. The Morgan fingerprint density at radius 3 is 2.26 bits per heavy atom. The molecule has 0 spiro atoms. The Hall–Kier alpha value is -1.52. The highest BCUT2D eigenvalue weighted by Crippen LogP contribution is 2.29. The van der Waals surface area contributed by atoms with Gasteiger partial charge in [-0.1, -0.05) is 39.0 Å². The highest BCUT2D eigenvalue weighted by molar-refractivity contribution is 5.95. The van der Waals surface area contributed by atoms with Crippen molar-refractivity contribution in [1.82, 2.24) is 0 Å². The quantitative estimate of drug-likeness (QED) is 0.864. The maximum absolute atomic E-state index is 12.5. The number of para-hydroxylation sites is 1. The third-order valence-corrected chi connectivity index (χ3v) is 2.67. The van der Waals surface area contributed by atoms with Gasteiger partial charge in [-0.15, -0.1) is 0 Å². The van der Waals surface area contributed by atoms with E-state index in [9.17, 15) is 18.0 Å². The van der Waals surface area contributed by atoms with Crippen LogP contribution in [0.15, 0.2) is 18.2 Å². The minimum Gasteiger partial charge on any atom is -0.325 e. The maximum atomic E-state index is 12.5. The Bertz CT molecular complexity index is 473. The topological polar surface area (TPSA) is 29.1 Å². The number of carbonyl (C=O) groups excluding carboxylic acids is 1. The molecule has 0 aliphatic carbocycles. The first-order chi connectivity index (χ1) is 8.50. The summed E-state index contributed by atoms with van der Waals surface area (Å²) >= 11 is 0. The highest BCUT2D eigenvalue weighted by Gasteiger charge is 2.30. The van der Waals surface area contributed by atoms with Crippen molar-refractivity contribution >= 4 is 11.6 Å². The smallest absolute Gasteiger partial charge is 0.325 e. The number of rotatable bonds is 2. The summed E-state index contributed by atoms with van der Waals surface area (Å²) < 4.78 is 37.5. The zero-order valence-electron chi connectivity index (χ0n) is 11.5. The van der Waals surface area contributed by atoms with Gasteiger partial charge in [-0.3, -0.25) is 4.79 Å². The van der Waals surface area contributed by atoms with E-state index < -0.39 is 18.0 Å². The Balaban J connectivity index is 3.09. The van der Waals surface area contributed by atoms with Crippen LogP contribution in [-0.4, -0.2) is 12.1 Å². The molecular weight excluding hydrogens is 255 g/mol. The van der Waals surface area contributed by atoms with E-state index in [1.807, 2.05) is 0 Å². The number of amides is 1. The van der Waals surface area contributed by atoms with Crippen LogP contribution in [0.5, 0.6) is 0 Å². The van der Waals surface area contributed by atoms with Crippen molar-refractivity contribution in [3.05, 3.63) is 29.3 Å². The molecule has 0 aliphatic rings. The van der Waals surface area contributed by atoms with Crippen LogP contribution in [-0.2, 0) is 11.2 Å². The Morgan fingerprint density at radius 1 is 1.21 bits per heavy atom. The zero-order chi connectivity index (χ0) is 14.8. The molecule has 0 radical (unpaired) electrons. The number of benzene rings is 1. The fraction of sp³-hybridized carbons (Fsp3) is 0.500. The van der Waals surface area contributed by atoms with Crippen LogP contribution in [0.4, 0.5) is 18.9 Å². The summed E-state index contributed by atoms with van der Waals surface area (Å²) in [6.45, 7) is 6.82. The number of halogens is 3. The molecule has 0 aromatic heterocycles. The molecule has 5 heteroatoms. The molecule has 19 heavy (non-hydrogen) atoms. The average molecular weight is 273 g/mol. The molecule has 2 nitrogen and oxygen atoms in total. The number of alkyl halides is 3. The first-order valence-corrected chi connectivity index (χ1v) is 5.97.